The van der Waals surface area contributed by atoms with Gasteiger partial charge >= 0.3 is 0 Å². The molecule has 3 rings (SSSR count). The van der Waals surface area contributed by atoms with E-state index in [0.717, 1.165) is 21.7 Å². The number of benzene rings is 3. The van der Waals surface area contributed by atoms with E-state index >= 15 is 0 Å². The summed E-state index contributed by atoms with van der Waals surface area (Å²) >= 11 is 0. The number of likely N-dealkylation sites (N-methyl/N-ethyl adjacent to an activating group) is 1. The number of hydrogen-bond acceptors (Lipinski definition) is 5. The lowest BCUT2D eigenvalue weighted by Gasteiger charge is -2.33. The van der Waals surface area contributed by atoms with Gasteiger partial charge in [0.25, 0.3) is 0 Å². The van der Waals surface area contributed by atoms with Gasteiger partial charge in [0.1, 0.15) is 18.3 Å². The number of amides is 2. The van der Waals surface area contributed by atoms with Crippen molar-refractivity contribution in [2.45, 2.75) is 32.9 Å². The SMILES string of the molecule is CCNC(=O)C(Cc1ccccc1)N(Cc1ccccc1)C(=O)CN(c1ccccc1OCC)S(C)(=O)=O. The van der Waals surface area contributed by atoms with Crippen LogP contribution >= 0.6 is 0 Å². The second-order valence-corrected chi connectivity index (χ2v) is 10.7. The van der Waals surface area contributed by atoms with E-state index in [0.29, 0.717) is 18.9 Å². The fourth-order valence-corrected chi connectivity index (χ4v) is 5.01. The number of para-hydroxylation sites is 2. The zero-order valence-corrected chi connectivity index (χ0v) is 22.9. The van der Waals surface area contributed by atoms with Crippen molar-refractivity contribution >= 4 is 27.5 Å². The van der Waals surface area contributed by atoms with Crippen LogP contribution < -0.4 is 14.4 Å². The molecule has 1 unspecified atom stereocenters. The number of sulfonamides is 1. The van der Waals surface area contributed by atoms with Gasteiger partial charge in [-0.3, -0.25) is 13.9 Å². The van der Waals surface area contributed by atoms with Crippen molar-refractivity contribution in [1.82, 2.24) is 10.2 Å². The second kappa shape index (κ2) is 13.6. The summed E-state index contributed by atoms with van der Waals surface area (Å²) in [6.45, 7) is 4.00. The third-order valence-electron chi connectivity index (χ3n) is 5.93. The van der Waals surface area contributed by atoms with Crippen molar-refractivity contribution in [2.24, 2.45) is 0 Å². The molecule has 0 aliphatic carbocycles. The van der Waals surface area contributed by atoms with Gasteiger partial charge in [0.15, 0.2) is 0 Å². The van der Waals surface area contributed by atoms with Gasteiger partial charge < -0.3 is 15.0 Å². The molecule has 1 N–H and O–H groups in total. The quantitative estimate of drug-likeness (QED) is 0.359. The van der Waals surface area contributed by atoms with E-state index in [4.69, 9.17) is 4.74 Å². The minimum absolute atomic E-state index is 0.138. The molecule has 0 radical (unpaired) electrons. The molecule has 3 aromatic rings. The van der Waals surface area contributed by atoms with Crippen LogP contribution in [0.4, 0.5) is 5.69 Å². The summed E-state index contributed by atoms with van der Waals surface area (Å²) in [5, 5.41) is 2.84. The predicted molar refractivity (Wildman–Crippen MR) is 149 cm³/mol. The summed E-state index contributed by atoms with van der Waals surface area (Å²) in [5.41, 5.74) is 1.97. The van der Waals surface area contributed by atoms with Gasteiger partial charge in [0.05, 0.1) is 18.6 Å². The van der Waals surface area contributed by atoms with Crippen LogP contribution in [-0.4, -0.2) is 57.1 Å². The maximum absolute atomic E-state index is 14.0. The van der Waals surface area contributed by atoms with Crippen LogP contribution in [0.1, 0.15) is 25.0 Å². The summed E-state index contributed by atoms with van der Waals surface area (Å²) in [7, 11) is -3.87. The van der Waals surface area contributed by atoms with Crippen LogP contribution in [-0.2, 0) is 32.6 Å². The molecule has 0 saturated heterocycles. The maximum atomic E-state index is 14.0. The van der Waals surface area contributed by atoms with E-state index in [1.807, 2.05) is 67.6 Å². The molecule has 2 amide bonds. The highest BCUT2D eigenvalue weighted by atomic mass is 32.2. The molecule has 9 heteroatoms. The van der Waals surface area contributed by atoms with Gasteiger partial charge in [0, 0.05) is 19.5 Å². The Morgan fingerprint density at radius 1 is 0.868 bits per heavy atom. The van der Waals surface area contributed by atoms with Crippen LogP contribution in [0.3, 0.4) is 0 Å². The zero-order valence-electron chi connectivity index (χ0n) is 22.0. The minimum atomic E-state index is -3.87. The fraction of sp³-hybridized carbons (Fsp3) is 0.310. The van der Waals surface area contributed by atoms with E-state index in [1.54, 1.807) is 31.2 Å². The molecular weight excluding hydrogens is 502 g/mol. The monoisotopic (exact) mass is 537 g/mol. The number of nitrogens with zero attached hydrogens (tertiary/aromatic N) is 2. The van der Waals surface area contributed by atoms with Crippen molar-refractivity contribution in [3.8, 4) is 5.75 Å². The van der Waals surface area contributed by atoms with E-state index in [-0.39, 0.29) is 24.6 Å². The number of hydrogen-bond donors (Lipinski definition) is 1. The van der Waals surface area contributed by atoms with Crippen LogP contribution in [0.15, 0.2) is 84.9 Å². The van der Waals surface area contributed by atoms with Crippen LogP contribution in [0, 0.1) is 0 Å². The lowest BCUT2D eigenvalue weighted by molar-refractivity contribution is -0.140. The lowest BCUT2D eigenvalue weighted by Crippen LogP contribution is -2.53. The average molecular weight is 538 g/mol. The van der Waals surface area contributed by atoms with E-state index in [1.165, 1.54) is 4.90 Å². The van der Waals surface area contributed by atoms with E-state index in [2.05, 4.69) is 5.32 Å². The Balaban J connectivity index is 2.04. The van der Waals surface area contributed by atoms with Crippen molar-refractivity contribution in [2.75, 3.05) is 30.3 Å². The summed E-state index contributed by atoms with van der Waals surface area (Å²) < 4.78 is 32.5. The van der Waals surface area contributed by atoms with Crippen molar-refractivity contribution < 1.29 is 22.7 Å². The standard InChI is InChI=1S/C29H35N3O5S/c1-4-30-29(34)26(20-23-14-8-6-9-15-23)31(21-24-16-10-7-11-17-24)28(33)22-32(38(3,35)36)25-18-12-13-19-27(25)37-5-2/h6-19,26H,4-5,20-22H2,1-3H3,(H,30,34). The maximum Gasteiger partial charge on any atom is 0.244 e. The second-order valence-electron chi connectivity index (χ2n) is 8.78. The average Bonchev–Trinajstić information content (AvgIpc) is 2.90. The Bertz CT molecular complexity index is 1300. The minimum Gasteiger partial charge on any atom is -0.492 e. The molecule has 0 spiro atoms. The van der Waals surface area contributed by atoms with E-state index < -0.39 is 28.5 Å². The molecule has 8 nitrogen and oxygen atoms in total. The highest BCUT2D eigenvalue weighted by Crippen LogP contribution is 2.30. The molecule has 0 aliphatic rings. The first-order valence-electron chi connectivity index (χ1n) is 12.6. The first-order chi connectivity index (χ1) is 18.2. The lowest BCUT2D eigenvalue weighted by atomic mass is 10.0. The molecule has 0 saturated carbocycles. The summed E-state index contributed by atoms with van der Waals surface area (Å²) in [5.74, 6) is -0.452. The summed E-state index contributed by atoms with van der Waals surface area (Å²) in [4.78, 5) is 28.8. The molecule has 3 aromatic carbocycles. The van der Waals surface area contributed by atoms with Gasteiger partial charge in [-0.05, 0) is 37.1 Å². The Morgan fingerprint density at radius 3 is 2.03 bits per heavy atom. The van der Waals surface area contributed by atoms with Crippen molar-refractivity contribution in [3.05, 3.63) is 96.1 Å². The van der Waals surface area contributed by atoms with Crippen molar-refractivity contribution in [3.63, 3.8) is 0 Å². The van der Waals surface area contributed by atoms with Gasteiger partial charge in [0.2, 0.25) is 21.8 Å². The van der Waals surface area contributed by atoms with Gasteiger partial charge in [-0.15, -0.1) is 0 Å². The zero-order chi connectivity index (χ0) is 27.5. The normalized spacial score (nSPS) is 11.9. The first-order valence-corrected chi connectivity index (χ1v) is 14.4. The molecule has 0 heterocycles. The number of ether oxygens (including phenoxy) is 1. The Kier molecular flexibility index (Phi) is 10.3. The highest BCUT2D eigenvalue weighted by Gasteiger charge is 2.33. The van der Waals surface area contributed by atoms with Gasteiger partial charge in [-0.2, -0.15) is 0 Å². The van der Waals surface area contributed by atoms with Gasteiger partial charge in [-0.1, -0.05) is 72.8 Å². The highest BCUT2D eigenvalue weighted by molar-refractivity contribution is 7.92. The molecule has 1 atom stereocenters. The third-order valence-corrected chi connectivity index (χ3v) is 7.06. The number of anilines is 1. The largest absolute Gasteiger partial charge is 0.492 e. The summed E-state index contributed by atoms with van der Waals surface area (Å²) in [6, 6.07) is 24.6. The van der Waals surface area contributed by atoms with Crippen LogP contribution in [0.25, 0.3) is 0 Å². The fourth-order valence-electron chi connectivity index (χ4n) is 4.16. The number of nitrogens with one attached hydrogen (secondary N) is 1. The molecule has 202 valence electrons. The van der Waals surface area contributed by atoms with Gasteiger partial charge in [-0.25, -0.2) is 8.42 Å². The molecule has 0 aliphatic heterocycles. The first kappa shape index (κ1) is 28.7. The number of carbonyl (C=O) groups is 2. The molecule has 0 fully saturated rings. The number of rotatable bonds is 13. The Hall–Kier alpha value is -3.85. The Labute approximate surface area is 225 Å². The van der Waals surface area contributed by atoms with E-state index in [9.17, 15) is 18.0 Å². The third kappa shape index (κ3) is 7.82. The topological polar surface area (TPSA) is 96.0 Å². The molecule has 0 bridgehead atoms. The molecule has 0 aromatic heterocycles. The smallest absolute Gasteiger partial charge is 0.244 e. The number of carbonyl (C=O) groups excluding carboxylic acids is 2. The summed E-state index contributed by atoms with van der Waals surface area (Å²) in [6.07, 6.45) is 1.33. The predicted octanol–water partition coefficient (Wildman–Crippen LogP) is 3.63. The van der Waals surface area contributed by atoms with Crippen LogP contribution in [0.2, 0.25) is 0 Å². The van der Waals surface area contributed by atoms with Crippen molar-refractivity contribution in [1.29, 1.82) is 0 Å². The van der Waals surface area contributed by atoms with Crippen LogP contribution in [0.5, 0.6) is 5.75 Å². The Morgan fingerprint density at radius 2 is 1.45 bits per heavy atom. The molecular formula is C29H35N3O5S. The molecule has 38 heavy (non-hydrogen) atoms.